The van der Waals surface area contributed by atoms with E-state index in [0.717, 1.165) is 58.0 Å². The summed E-state index contributed by atoms with van der Waals surface area (Å²) in [4.78, 5) is 17.1. The molecule has 0 bridgehead atoms. The van der Waals surface area contributed by atoms with Crippen molar-refractivity contribution in [1.82, 2.24) is 19.6 Å². The number of carbonyl (C=O) groups is 1. The lowest BCUT2D eigenvalue weighted by Crippen LogP contribution is -2.41. The molecule has 2 aliphatic heterocycles. The van der Waals surface area contributed by atoms with Gasteiger partial charge in [0.25, 0.3) is 5.91 Å². The summed E-state index contributed by atoms with van der Waals surface area (Å²) in [5, 5.41) is 5.07. The van der Waals surface area contributed by atoms with Gasteiger partial charge in [0.2, 0.25) is 0 Å². The van der Waals surface area contributed by atoms with Gasteiger partial charge in [-0.15, -0.1) is 0 Å². The van der Waals surface area contributed by atoms with Crippen LogP contribution in [0.15, 0.2) is 36.7 Å². The Balaban J connectivity index is 1.24. The van der Waals surface area contributed by atoms with Crippen LogP contribution in [0.4, 0.5) is 0 Å². The van der Waals surface area contributed by atoms with Crippen LogP contribution in [0.1, 0.15) is 23.2 Å². The predicted molar refractivity (Wildman–Crippen MR) is 110 cm³/mol. The van der Waals surface area contributed by atoms with Gasteiger partial charge in [0.15, 0.2) is 0 Å². The summed E-state index contributed by atoms with van der Waals surface area (Å²) in [5.41, 5.74) is 0.657. The van der Waals surface area contributed by atoms with Crippen LogP contribution in [0.5, 0.6) is 5.75 Å². The van der Waals surface area contributed by atoms with E-state index >= 15 is 0 Å². The third-order valence-corrected chi connectivity index (χ3v) is 5.73. The molecule has 156 valence electrons. The Morgan fingerprint density at radius 1 is 1.10 bits per heavy atom. The maximum absolute atomic E-state index is 12.8. The predicted octanol–water partition coefficient (Wildman–Crippen LogP) is 2.55. The van der Waals surface area contributed by atoms with Crippen molar-refractivity contribution in [2.75, 3.05) is 45.9 Å². The first-order valence-corrected chi connectivity index (χ1v) is 10.6. The van der Waals surface area contributed by atoms with E-state index in [1.807, 2.05) is 40.0 Å². The van der Waals surface area contributed by atoms with Crippen LogP contribution in [0.3, 0.4) is 0 Å². The van der Waals surface area contributed by atoms with Gasteiger partial charge in [-0.2, -0.15) is 5.10 Å². The molecule has 1 aromatic heterocycles. The third-order valence-electron chi connectivity index (χ3n) is 5.47. The van der Waals surface area contributed by atoms with E-state index in [2.05, 4.69) is 10.00 Å². The molecule has 0 spiro atoms. The topological polar surface area (TPSA) is 59.8 Å². The van der Waals surface area contributed by atoms with Crippen LogP contribution >= 0.6 is 11.6 Å². The van der Waals surface area contributed by atoms with Gasteiger partial charge in [-0.25, -0.2) is 0 Å². The number of rotatable bonds is 6. The molecule has 0 aliphatic carbocycles. The summed E-state index contributed by atoms with van der Waals surface area (Å²) in [5.74, 6) is 0.869. The number of likely N-dealkylation sites (tertiary alicyclic amines) is 1. The van der Waals surface area contributed by atoms with Crippen molar-refractivity contribution < 1.29 is 14.3 Å². The van der Waals surface area contributed by atoms with Crippen molar-refractivity contribution in [3.05, 3.63) is 47.2 Å². The maximum Gasteiger partial charge on any atom is 0.257 e. The Kier molecular flexibility index (Phi) is 6.69. The third kappa shape index (κ3) is 5.50. The highest BCUT2D eigenvalue weighted by atomic mass is 35.5. The fourth-order valence-corrected chi connectivity index (χ4v) is 3.86. The van der Waals surface area contributed by atoms with E-state index in [1.54, 1.807) is 6.20 Å². The molecule has 0 N–H and O–H groups in total. The minimum atomic E-state index is 0.0487. The molecule has 0 radical (unpaired) electrons. The number of aromatic nitrogens is 2. The summed E-state index contributed by atoms with van der Waals surface area (Å²) < 4.78 is 13.2. The molecule has 2 saturated heterocycles. The summed E-state index contributed by atoms with van der Waals surface area (Å²) >= 11 is 5.91. The number of nitrogens with zero attached hydrogens (tertiary/aromatic N) is 4. The molecule has 1 amide bonds. The zero-order valence-electron chi connectivity index (χ0n) is 16.5. The minimum Gasteiger partial charge on any atom is -0.490 e. The number of benzene rings is 1. The van der Waals surface area contributed by atoms with Crippen molar-refractivity contribution in [3.8, 4) is 5.75 Å². The maximum atomic E-state index is 12.8. The monoisotopic (exact) mass is 418 g/mol. The molecule has 1 aromatic carbocycles. The fraction of sp³-hybridized carbons (Fsp3) is 0.524. The smallest absolute Gasteiger partial charge is 0.257 e. The van der Waals surface area contributed by atoms with E-state index in [1.165, 1.54) is 0 Å². The standard InChI is InChI=1S/C21H27ClN4O3/c22-18-1-3-19(4-2-18)29-20-5-7-25(8-6-20)21(27)17-15-23-26(16-17)10-9-24-11-13-28-14-12-24/h1-4,15-16,20H,5-14H2. The number of piperidine rings is 1. The molecule has 2 aromatic rings. The normalized spacial score (nSPS) is 18.7. The van der Waals surface area contributed by atoms with Gasteiger partial charge in [-0.1, -0.05) is 11.6 Å². The second-order valence-electron chi connectivity index (χ2n) is 7.51. The Morgan fingerprint density at radius 2 is 1.83 bits per heavy atom. The van der Waals surface area contributed by atoms with Crippen molar-refractivity contribution in [3.63, 3.8) is 0 Å². The molecule has 0 saturated carbocycles. The molecule has 2 aliphatic rings. The number of hydrogen-bond acceptors (Lipinski definition) is 5. The lowest BCUT2D eigenvalue weighted by atomic mass is 10.1. The first-order chi connectivity index (χ1) is 14.2. The van der Waals surface area contributed by atoms with Crippen LogP contribution in [-0.2, 0) is 11.3 Å². The molecule has 2 fully saturated rings. The Morgan fingerprint density at radius 3 is 2.55 bits per heavy atom. The van der Waals surface area contributed by atoms with Crippen LogP contribution in [-0.4, -0.2) is 77.5 Å². The molecular formula is C21H27ClN4O3. The van der Waals surface area contributed by atoms with Gasteiger partial charge in [-0.05, 0) is 24.3 Å². The lowest BCUT2D eigenvalue weighted by molar-refractivity contribution is 0.0359. The van der Waals surface area contributed by atoms with Crippen LogP contribution in [0.25, 0.3) is 0 Å². The number of ether oxygens (including phenoxy) is 2. The molecule has 4 rings (SSSR count). The van der Waals surface area contributed by atoms with Gasteiger partial charge in [0.05, 0.1) is 31.5 Å². The Hall–Kier alpha value is -2.09. The van der Waals surface area contributed by atoms with Crippen LogP contribution in [0.2, 0.25) is 5.02 Å². The zero-order valence-corrected chi connectivity index (χ0v) is 17.3. The van der Waals surface area contributed by atoms with Crippen LogP contribution < -0.4 is 4.74 Å². The highest BCUT2D eigenvalue weighted by molar-refractivity contribution is 6.30. The highest BCUT2D eigenvalue weighted by Gasteiger charge is 2.25. The molecule has 8 heteroatoms. The Labute approximate surface area is 176 Å². The van der Waals surface area contributed by atoms with Gasteiger partial charge < -0.3 is 14.4 Å². The first kappa shape index (κ1) is 20.2. The van der Waals surface area contributed by atoms with E-state index in [9.17, 15) is 4.79 Å². The molecule has 3 heterocycles. The number of carbonyl (C=O) groups excluding carboxylic acids is 1. The van der Waals surface area contributed by atoms with Crippen molar-refractivity contribution in [1.29, 1.82) is 0 Å². The fourth-order valence-electron chi connectivity index (χ4n) is 3.73. The first-order valence-electron chi connectivity index (χ1n) is 10.2. The van der Waals surface area contributed by atoms with E-state index in [-0.39, 0.29) is 12.0 Å². The summed E-state index contributed by atoms with van der Waals surface area (Å²) in [6.45, 7) is 6.59. The average molecular weight is 419 g/mol. The van der Waals surface area contributed by atoms with Crippen molar-refractivity contribution in [2.45, 2.75) is 25.5 Å². The average Bonchev–Trinajstić information content (AvgIpc) is 3.24. The lowest BCUT2D eigenvalue weighted by Gasteiger charge is -2.32. The second-order valence-corrected chi connectivity index (χ2v) is 7.95. The molecule has 0 atom stereocenters. The van der Waals surface area contributed by atoms with Crippen molar-refractivity contribution >= 4 is 17.5 Å². The van der Waals surface area contributed by atoms with E-state index in [4.69, 9.17) is 21.1 Å². The molecule has 0 unspecified atom stereocenters. The van der Waals surface area contributed by atoms with Gasteiger partial charge in [-0.3, -0.25) is 14.4 Å². The number of amides is 1. The number of morpholine rings is 1. The van der Waals surface area contributed by atoms with Gasteiger partial charge >= 0.3 is 0 Å². The highest BCUT2D eigenvalue weighted by Crippen LogP contribution is 2.22. The second kappa shape index (κ2) is 9.61. The number of halogens is 1. The Bertz CT molecular complexity index is 797. The molecule has 7 nitrogen and oxygen atoms in total. The molecular weight excluding hydrogens is 392 g/mol. The quantitative estimate of drug-likeness (QED) is 0.721. The minimum absolute atomic E-state index is 0.0487. The number of hydrogen-bond donors (Lipinski definition) is 0. The van der Waals surface area contributed by atoms with Crippen LogP contribution in [0, 0.1) is 0 Å². The summed E-state index contributed by atoms with van der Waals surface area (Å²) in [6.07, 6.45) is 5.30. The van der Waals surface area contributed by atoms with Crippen molar-refractivity contribution in [2.24, 2.45) is 0 Å². The van der Waals surface area contributed by atoms with E-state index in [0.29, 0.717) is 23.7 Å². The molecule has 29 heavy (non-hydrogen) atoms. The largest absolute Gasteiger partial charge is 0.490 e. The summed E-state index contributed by atoms with van der Waals surface area (Å²) in [7, 11) is 0. The summed E-state index contributed by atoms with van der Waals surface area (Å²) in [6, 6.07) is 7.41. The van der Waals surface area contributed by atoms with Gasteiger partial charge in [0.1, 0.15) is 11.9 Å². The van der Waals surface area contributed by atoms with Gasteiger partial charge in [0, 0.05) is 56.8 Å². The van der Waals surface area contributed by atoms with E-state index < -0.39 is 0 Å². The zero-order chi connectivity index (χ0) is 20.1. The SMILES string of the molecule is O=C(c1cnn(CCN2CCOCC2)c1)N1CCC(Oc2ccc(Cl)cc2)CC1.